The van der Waals surface area contributed by atoms with E-state index in [2.05, 4.69) is 10.3 Å². The molecule has 2 aromatic rings. The molecule has 0 atom stereocenters. The van der Waals surface area contributed by atoms with E-state index < -0.39 is 0 Å². The summed E-state index contributed by atoms with van der Waals surface area (Å²) in [6, 6.07) is 9.15. The molecule has 0 unspecified atom stereocenters. The lowest BCUT2D eigenvalue weighted by Gasteiger charge is -2.05. The van der Waals surface area contributed by atoms with Crippen molar-refractivity contribution in [1.82, 2.24) is 15.0 Å². The summed E-state index contributed by atoms with van der Waals surface area (Å²) in [5, 5.41) is 26.3. The van der Waals surface area contributed by atoms with Crippen LogP contribution in [0.2, 0.25) is 5.02 Å². The van der Waals surface area contributed by atoms with Crippen LogP contribution in [0.1, 0.15) is 12.1 Å². The molecule has 0 aliphatic heterocycles. The number of halogens is 1. The molecular formula is C12H11ClN4O. The molecule has 1 N–H and O–H groups in total. The van der Waals surface area contributed by atoms with Crippen LogP contribution in [0, 0.1) is 11.3 Å². The van der Waals surface area contributed by atoms with E-state index in [4.69, 9.17) is 22.0 Å². The Morgan fingerprint density at radius 3 is 2.67 bits per heavy atom. The van der Waals surface area contributed by atoms with Gasteiger partial charge in [-0.1, -0.05) is 28.9 Å². The number of aliphatic hydroxyl groups excluding tert-OH is 1. The molecule has 0 radical (unpaired) electrons. The number of nitrogens with zero attached hydrogens (tertiary/aromatic N) is 4. The Labute approximate surface area is 109 Å². The van der Waals surface area contributed by atoms with Crippen LogP contribution in [-0.2, 0) is 6.54 Å². The zero-order valence-electron chi connectivity index (χ0n) is 9.54. The molecule has 2 rings (SSSR count). The van der Waals surface area contributed by atoms with Crippen LogP contribution in [0.25, 0.3) is 11.3 Å². The SMILES string of the molecule is N#Cc1nnn(CCCO)c1-c1ccc(Cl)cc1. The van der Waals surface area contributed by atoms with E-state index in [0.29, 0.717) is 23.7 Å². The van der Waals surface area contributed by atoms with Crippen molar-refractivity contribution in [1.29, 1.82) is 5.26 Å². The molecule has 1 aromatic heterocycles. The Kier molecular flexibility index (Phi) is 3.92. The summed E-state index contributed by atoms with van der Waals surface area (Å²) >= 11 is 5.83. The number of aryl methyl sites for hydroxylation is 1. The van der Waals surface area contributed by atoms with Crippen molar-refractivity contribution in [2.75, 3.05) is 6.61 Å². The predicted molar refractivity (Wildman–Crippen MR) is 66.9 cm³/mol. The normalized spacial score (nSPS) is 10.3. The van der Waals surface area contributed by atoms with Crippen molar-refractivity contribution < 1.29 is 5.11 Å². The van der Waals surface area contributed by atoms with Crippen LogP contribution < -0.4 is 0 Å². The Morgan fingerprint density at radius 2 is 2.06 bits per heavy atom. The number of hydrogen-bond donors (Lipinski definition) is 1. The van der Waals surface area contributed by atoms with Crippen LogP contribution in [0.4, 0.5) is 0 Å². The second kappa shape index (κ2) is 5.63. The average molecular weight is 263 g/mol. The Morgan fingerprint density at radius 1 is 1.33 bits per heavy atom. The summed E-state index contributed by atoms with van der Waals surface area (Å²) in [5.41, 5.74) is 1.76. The zero-order valence-corrected chi connectivity index (χ0v) is 10.3. The molecular weight excluding hydrogens is 252 g/mol. The fourth-order valence-corrected chi connectivity index (χ4v) is 1.78. The predicted octanol–water partition coefficient (Wildman–Crippen LogP) is 1.85. The van der Waals surface area contributed by atoms with Crippen LogP contribution in [0.3, 0.4) is 0 Å². The van der Waals surface area contributed by atoms with Crippen LogP contribution in [0.5, 0.6) is 0 Å². The minimum Gasteiger partial charge on any atom is -0.396 e. The number of hydrogen-bond acceptors (Lipinski definition) is 4. The fraction of sp³-hybridized carbons (Fsp3) is 0.250. The minimum atomic E-state index is 0.0712. The Bertz CT molecular complexity index is 571. The third-order valence-electron chi connectivity index (χ3n) is 2.49. The van der Waals surface area contributed by atoms with Gasteiger partial charge in [0.25, 0.3) is 0 Å². The van der Waals surface area contributed by atoms with Crippen molar-refractivity contribution in [3.8, 4) is 17.3 Å². The van der Waals surface area contributed by atoms with Crippen molar-refractivity contribution in [2.24, 2.45) is 0 Å². The minimum absolute atomic E-state index is 0.0712. The molecule has 0 aliphatic carbocycles. The van der Waals surface area contributed by atoms with Crippen LogP contribution in [-0.4, -0.2) is 26.7 Å². The Hall–Kier alpha value is -1.90. The third-order valence-corrected chi connectivity index (χ3v) is 2.74. The van der Waals surface area contributed by atoms with E-state index in [0.717, 1.165) is 5.56 Å². The van der Waals surface area contributed by atoms with Crippen molar-refractivity contribution in [2.45, 2.75) is 13.0 Å². The van der Waals surface area contributed by atoms with Crippen molar-refractivity contribution >= 4 is 11.6 Å². The van der Waals surface area contributed by atoms with Crippen LogP contribution in [0.15, 0.2) is 24.3 Å². The third kappa shape index (κ3) is 2.50. The second-order valence-corrected chi connectivity index (χ2v) is 4.14. The summed E-state index contributed by atoms with van der Waals surface area (Å²) in [4.78, 5) is 0. The number of nitriles is 1. The van der Waals surface area contributed by atoms with Gasteiger partial charge in [-0.25, -0.2) is 4.68 Å². The number of benzene rings is 1. The van der Waals surface area contributed by atoms with Gasteiger partial charge in [-0.05, 0) is 18.6 Å². The van der Waals surface area contributed by atoms with Gasteiger partial charge in [0.05, 0.1) is 0 Å². The molecule has 0 bridgehead atoms. The van der Waals surface area contributed by atoms with Gasteiger partial charge >= 0.3 is 0 Å². The van der Waals surface area contributed by atoms with E-state index in [1.165, 1.54) is 0 Å². The van der Waals surface area contributed by atoms with Gasteiger partial charge < -0.3 is 5.11 Å². The lowest BCUT2D eigenvalue weighted by Crippen LogP contribution is -2.04. The number of aromatic nitrogens is 3. The van der Waals surface area contributed by atoms with E-state index in [9.17, 15) is 0 Å². The second-order valence-electron chi connectivity index (χ2n) is 3.71. The highest BCUT2D eigenvalue weighted by molar-refractivity contribution is 6.30. The standard InChI is InChI=1S/C12H11ClN4O/c13-10-4-2-9(3-5-10)12-11(8-14)15-16-17(12)6-1-7-18/h2-5,18H,1,6-7H2. The van der Waals surface area contributed by atoms with Gasteiger partial charge in [-0.3, -0.25) is 0 Å². The van der Waals surface area contributed by atoms with Gasteiger partial charge in [0.2, 0.25) is 0 Å². The quantitative estimate of drug-likeness (QED) is 0.912. The Balaban J connectivity index is 2.44. The maximum Gasteiger partial charge on any atom is 0.190 e. The van der Waals surface area contributed by atoms with Gasteiger partial charge in [0, 0.05) is 23.7 Å². The molecule has 0 saturated heterocycles. The highest BCUT2D eigenvalue weighted by atomic mass is 35.5. The molecule has 1 aromatic carbocycles. The molecule has 5 nitrogen and oxygen atoms in total. The topological polar surface area (TPSA) is 74.7 Å². The maximum absolute atomic E-state index is 9.03. The smallest absolute Gasteiger partial charge is 0.190 e. The van der Waals surface area contributed by atoms with Gasteiger partial charge in [-0.2, -0.15) is 5.26 Å². The molecule has 1 heterocycles. The summed E-state index contributed by atoms with van der Waals surface area (Å²) in [6.45, 7) is 0.588. The van der Waals surface area contributed by atoms with Gasteiger partial charge in [0.15, 0.2) is 5.69 Å². The summed E-state index contributed by atoms with van der Waals surface area (Å²) in [5.74, 6) is 0. The van der Waals surface area contributed by atoms with E-state index >= 15 is 0 Å². The summed E-state index contributed by atoms with van der Waals surface area (Å²) in [7, 11) is 0. The van der Waals surface area contributed by atoms with E-state index in [1.807, 2.05) is 18.2 Å². The highest BCUT2D eigenvalue weighted by Crippen LogP contribution is 2.23. The lowest BCUT2D eigenvalue weighted by molar-refractivity contribution is 0.276. The molecule has 18 heavy (non-hydrogen) atoms. The first-order valence-electron chi connectivity index (χ1n) is 5.46. The lowest BCUT2D eigenvalue weighted by atomic mass is 10.1. The molecule has 0 amide bonds. The molecule has 0 aliphatic rings. The maximum atomic E-state index is 9.03. The molecule has 6 heteroatoms. The van der Waals surface area contributed by atoms with E-state index in [-0.39, 0.29) is 12.3 Å². The first kappa shape index (κ1) is 12.6. The highest BCUT2D eigenvalue weighted by Gasteiger charge is 2.14. The first-order chi connectivity index (χ1) is 8.76. The first-order valence-corrected chi connectivity index (χ1v) is 5.84. The van der Waals surface area contributed by atoms with Crippen molar-refractivity contribution in [3.05, 3.63) is 35.0 Å². The zero-order chi connectivity index (χ0) is 13.0. The van der Waals surface area contributed by atoms with Gasteiger partial charge in [-0.15, -0.1) is 5.10 Å². The van der Waals surface area contributed by atoms with Gasteiger partial charge in [0.1, 0.15) is 11.8 Å². The monoisotopic (exact) mass is 262 g/mol. The summed E-state index contributed by atoms with van der Waals surface area (Å²) < 4.78 is 1.62. The largest absolute Gasteiger partial charge is 0.396 e. The number of rotatable bonds is 4. The molecule has 0 fully saturated rings. The van der Waals surface area contributed by atoms with Crippen molar-refractivity contribution in [3.63, 3.8) is 0 Å². The van der Waals surface area contributed by atoms with Crippen LogP contribution >= 0.6 is 11.6 Å². The average Bonchev–Trinajstić information content (AvgIpc) is 2.80. The fourth-order valence-electron chi connectivity index (χ4n) is 1.66. The van der Waals surface area contributed by atoms with E-state index in [1.54, 1.807) is 16.8 Å². The molecule has 0 saturated carbocycles. The molecule has 0 spiro atoms. The molecule has 92 valence electrons. The summed E-state index contributed by atoms with van der Waals surface area (Å²) in [6.07, 6.45) is 0.564. The number of aliphatic hydroxyl groups is 1.